The van der Waals surface area contributed by atoms with Crippen LogP contribution in [0, 0.1) is 12.3 Å². The highest BCUT2D eigenvalue weighted by molar-refractivity contribution is 5.99. The summed E-state index contributed by atoms with van der Waals surface area (Å²) < 4.78 is 0. The van der Waals surface area contributed by atoms with Crippen molar-refractivity contribution in [3.63, 3.8) is 0 Å². The van der Waals surface area contributed by atoms with Gasteiger partial charge in [-0.1, -0.05) is 44.2 Å². The van der Waals surface area contributed by atoms with Crippen molar-refractivity contribution in [2.45, 2.75) is 39.5 Å². The molecule has 2 nitrogen and oxygen atoms in total. The fourth-order valence-electron chi connectivity index (χ4n) is 2.99. The molecule has 0 fully saturated rings. The first-order valence-corrected chi connectivity index (χ1v) is 6.99. The third kappa shape index (κ3) is 2.69. The summed E-state index contributed by atoms with van der Waals surface area (Å²) in [6, 6.07) is 7.93. The van der Waals surface area contributed by atoms with Gasteiger partial charge in [0.2, 0.25) is 0 Å². The van der Waals surface area contributed by atoms with Gasteiger partial charge in [0.15, 0.2) is 5.78 Å². The molecule has 1 aliphatic carbocycles. The van der Waals surface area contributed by atoms with Gasteiger partial charge in [-0.25, -0.2) is 0 Å². The fourth-order valence-corrected chi connectivity index (χ4v) is 2.99. The second-order valence-corrected chi connectivity index (χ2v) is 6.37. The Morgan fingerprint density at radius 3 is 2.50 bits per heavy atom. The second-order valence-electron chi connectivity index (χ2n) is 6.37. The topological polar surface area (TPSA) is 37.3 Å². The van der Waals surface area contributed by atoms with Gasteiger partial charge < -0.3 is 5.11 Å². The number of carbonyl (C=O) groups excluding carboxylic acids is 1. The number of rotatable bonds is 3. The lowest BCUT2D eigenvalue weighted by atomic mass is 9.72. The number of carbonyl (C=O) groups is 1. The smallest absolute Gasteiger partial charge is 0.163 e. The quantitative estimate of drug-likeness (QED) is 0.823. The minimum absolute atomic E-state index is 0.0342. The number of Topliss-reactive ketones (excluding diaryl/α,β-unsaturated/α-hetero) is 1. The Bertz CT molecular complexity index is 579. The van der Waals surface area contributed by atoms with Crippen molar-refractivity contribution in [3.05, 3.63) is 59.4 Å². The highest BCUT2D eigenvalue weighted by atomic mass is 16.3. The normalized spacial score (nSPS) is 19.9. The van der Waals surface area contributed by atoms with Crippen molar-refractivity contribution in [1.82, 2.24) is 0 Å². The van der Waals surface area contributed by atoms with E-state index in [1.807, 2.05) is 45.0 Å². The summed E-state index contributed by atoms with van der Waals surface area (Å²) in [5.74, 6) is 0.0334. The van der Waals surface area contributed by atoms with E-state index in [-0.39, 0.29) is 22.9 Å². The minimum Gasteiger partial charge on any atom is -0.512 e. The molecule has 1 aromatic rings. The van der Waals surface area contributed by atoms with Crippen molar-refractivity contribution in [2.75, 3.05) is 0 Å². The summed E-state index contributed by atoms with van der Waals surface area (Å²) in [5.41, 5.74) is 2.50. The zero-order valence-corrected chi connectivity index (χ0v) is 12.4. The monoisotopic (exact) mass is 270 g/mol. The van der Waals surface area contributed by atoms with Gasteiger partial charge in [0.25, 0.3) is 0 Å². The molecule has 0 amide bonds. The van der Waals surface area contributed by atoms with Crippen LogP contribution in [0.1, 0.15) is 43.7 Å². The summed E-state index contributed by atoms with van der Waals surface area (Å²) >= 11 is 0. The molecule has 1 aromatic carbocycles. The molecule has 1 aliphatic rings. The first kappa shape index (κ1) is 14.6. The van der Waals surface area contributed by atoms with Crippen LogP contribution in [0.4, 0.5) is 0 Å². The molecule has 2 rings (SSSR count). The molecule has 0 saturated heterocycles. The Balaban J connectivity index is 2.50. The Morgan fingerprint density at radius 1 is 1.30 bits per heavy atom. The molecule has 2 heteroatoms. The van der Waals surface area contributed by atoms with Gasteiger partial charge in [-0.05, 0) is 23.5 Å². The van der Waals surface area contributed by atoms with E-state index >= 15 is 0 Å². The van der Waals surface area contributed by atoms with E-state index in [1.165, 1.54) is 0 Å². The molecule has 106 valence electrons. The van der Waals surface area contributed by atoms with E-state index < -0.39 is 0 Å². The van der Waals surface area contributed by atoms with Crippen LogP contribution < -0.4 is 0 Å². The van der Waals surface area contributed by atoms with Crippen LogP contribution in [-0.4, -0.2) is 10.9 Å². The zero-order valence-electron chi connectivity index (χ0n) is 12.4. The Labute approximate surface area is 120 Å². The highest BCUT2D eigenvalue weighted by Gasteiger charge is 2.36. The maximum Gasteiger partial charge on any atom is 0.163 e. The lowest BCUT2D eigenvalue weighted by Gasteiger charge is -2.32. The average molecular weight is 270 g/mol. The third-order valence-electron chi connectivity index (χ3n) is 3.97. The Kier molecular flexibility index (Phi) is 3.85. The summed E-state index contributed by atoms with van der Waals surface area (Å²) in [4.78, 5) is 12.4. The summed E-state index contributed by atoms with van der Waals surface area (Å²) in [7, 11) is 0. The van der Waals surface area contributed by atoms with Gasteiger partial charge in [-0.15, -0.1) is 6.58 Å². The van der Waals surface area contributed by atoms with Crippen molar-refractivity contribution >= 4 is 5.78 Å². The van der Waals surface area contributed by atoms with Gasteiger partial charge in [-0.2, -0.15) is 0 Å². The van der Waals surface area contributed by atoms with Crippen LogP contribution in [0.25, 0.3) is 0 Å². The maximum absolute atomic E-state index is 12.4. The number of allylic oxidation sites excluding steroid dienone is 3. The molecular weight excluding hydrogens is 248 g/mol. The van der Waals surface area contributed by atoms with E-state index in [4.69, 9.17) is 0 Å². The van der Waals surface area contributed by atoms with Crippen molar-refractivity contribution in [1.29, 1.82) is 0 Å². The molecule has 0 aliphatic heterocycles. The number of aliphatic hydroxyl groups is 1. The lowest BCUT2D eigenvalue weighted by molar-refractivity contribution is -0.118. The largest absolute Gasteiger partial charge is 0.512 e. The van der Waals surface area contributed by atoms with E-state index in [1.54, 1.807) is 6.08 Å². The van der Waals surface area contributed by atoms with Gasteiger partial charge >= 0.3 is 0 Å². The molecule has 1 unspecified atom stereocenters. The Hall–Kier alpha value is -1.83. The average Bonchev–Trinajstić information content (AvgIpc) is 2.33. The fraction of sp³-hybridized carbons (Fsp3) is 0.389. The minimum atomic E-state index is -0.222. The summed E-state index contributed by atoms with van der Waals surface area (Å²) in [6.45, 7) is 9.89. The SMILES string of the molecule is C=CC(C1=C(O)CC(C)(C)CC1=O)c1ccccc1C. The van der Waals surface area contributed by atoms with Crippen LogP contribution in [0.5, 0.6) is 0 Å². The molecule has 20 heavy (non-hydrogen) atoms. The number of aliphatic hydroxyl groups excluding tert-OH is 1. The van der Waals surface area contributed by atoms with E-state index in [9.17, 15) is 9.90 Å². The maximum atomic E-state index is 12.4. The number of hydrogen-bond acceptors (Lipinski definition) is 2. The van der Waals surface area contributed by atoms with Gasteiger partial charge in [0.1, 0.15) is 5.76 Å². The second kappa shape index (κ2) is 5.28. The molecule has 0 radical (unpaired) electrons. The predicted molar refractivity (Wildman–Crippen MR) is 81.8 cm³/mol. The molecule has 0 bridgehead atoms. The van der Waals surface area contributed by atoms with Crippen molar-refractivity contribution < 1.29 is 9.90 Å². The van der Waals surface area contributed by atoms with Crippen LogP contribution >= 0.6 is 0 Å². The standard InChI is InChI=1S/C18H22O2/c1-5-13(14-9-7-6-8-12(14)2)17-15(19)10-18(3,4)11-16(17)20/h5-9,13,19H,1,10-11H2,2-4H3. The first-order chi connectivity index (χ1) is 9.35. The number of ketones is 1. The van der Waals surface area contributed by atoms with Crippen LogP contribution in [0.15, 0.2) is 48.3 Å². The van der Waals surface area contributed by atoms with Gasteiger partial charge in [0, 0.05) is 24.3 Å². The Morgan fingerprint density at radius 2 is 1.95 bits per heavy atom. The zero-order chi connectivity index (χ0) is 14.9. The van der Waals surface area contributed by atoms with Crippen LogP contribution in [-0.2, 0) is 4.79 Å². The number of benzene rings is 1. The molecule has 1 atom stereocenters. The molecule has 1 N–H and O–H groups in total. The molecule has 0 heterocycles. The van der Waals surface area contributed by atoms with Gasteiger partial charge in [0.05, 0.1) is 0 Å². The lowest BCUT2D eigenvalue weighted by Crippen LogP contribution is -2.28. The van der Waals surface area contributed by atoms with Crippen LogP contribution in [0.2, 0.25) is 0 Å². The van der Waals surface area contributed by atoms with E-state index in [0.717, 1.165) is 11.1 Å². The number of hydrogen-bond donors (Lipinski definition) is 1. The number of aryl methyl sites for hydroxylation is 1. The van der Waals surface area contributed by atoms with Crippen molar-refractivity contribution in [2.24, 2.45) is 5.41 Å². The molecule has 0 saturated carbocycles. The first-order valence-electron chi connectivity index (χ1n) is 6.99. The highest BCUT2D eigenvalue weighted by Crippen LogP contribution is 2.41. The van der Waals surface area contributed by atoms with Crippen LogP contribution in [0.3, 0.4) is 0 Å². The predicted octanol–water partition coefficient (Wildman–Crippen LogP) is 4.47. The molecular formula is C18H22O2. The summed E-state index contributed by atoms with van der Waals surface area (Å²) in [5, 5.41) is 10.3. The molecule has 0 aromatic heterocycles. The van der Waals surface area contributed by atoms with Crippen molar-refractivity contribution in [3.8, 4) is 0 Å². The van der Waals surface area contributed by atoms with E-state index in [0.29, 0.717) is 18.4 Å². The third-order valence-corrected chi connectivity index (χ3v) is 3.97. The van der Waals surface area contributed by atoms with Gasteiger partial charge in [-0.3, -0.25) is 4.79 Å². The summed E-state index contributed by atoms with van der Waals surface area (Å²) in [6.07, 6.45) is 2.77. The molecule has 0 spiro atoms. The van der Waals surface area contributed by atoms with E-state index in [2.05, 4.69) is 6.58 Å².